The van der Waals surface area contributed by atoms with Gasteiger partial charge in [0.15, 0.2) is 5.78 Å². The number of carbonyl (C=O) groups is 3. The summed E-state index contributed by atoms with van der Waals surface area (Å²) in [5, 5.41) is 0.620. The number of benzene rings is 1. The molecule has 6 heteroatoms. The predicted molar refractivity (Wildman–Crippen MR) is 114 cm³/mol. The van der Waals surface area contributed by atoms with E-state index in [0.717, 1.165) is 37.7 Å². The van der Waals surface area contributed by atoms with Gasteiger partial charge in [0.05, 0.1) is 12.6 Å². The van der Waals surface area contributed by atoms with Crippen molar-refractivity contribution in [1.82, 2.24) is 4.90 Å². The van der Waals surface area contributed by atoms with E-state index in [4.69, 9.17) is 16.3 Å². The summed E-state index contributed by atoms with van der Waals surface area (Å²) >= 11 is 5.96. The highest BCUT2D eigenvalue weighted by Crippen LogP contribution is 2.21. The number of ether oxygens (including phenoxy) is 1. The fourth-order valence-electron chi connectivity index (χ4n) is 3.51. The molecule has 0 spiro atoms. The maximum absolute atomic E-state index is 12.2. The van der Waals surface area contributed by atoms with Gasteiger partial charge in [0, 0.05) is 30.8 Å². The van der Waals surface area contributed by atoms with Crippen LogP contribution in [-0.2, 0) is 25.5 Å². The Morgan fingerprint density at radius 2 is 2.03 bits per heavy atom. The number of likely N-dealkylation sites (tertiary alicyclic amines) is 1. The Hall–Kier alpha value is -2.14. The quantitative estimate of drug-likeness (QED) is 0.284. The normalized spacial score (nSPS) is 16.6. The Morgan fingerprint density at radius 1 is 1.24 bits per heavy atom. The van der Waals surface area contributed by atoms with Crippen LogP contribution in [0.3, 0.4) is 0 Å². The molecule has 0 saturated carbocycles. The van der Waals surface area contributed by atoms with Gasteiger partial charge in [-0.05, 0) is 50.0 Å². The molecule has 0 radical (unpaired) electrons. The number of unbranched alkanes of at least 4 members (excludes halogenated alkanes) is 3. The summed E-state index contributed by atoms with van der Waals surface area (Å²) in [5.41, 5.74) is 0.884. The number of amides is 1. The van der Waals surface area contributed by atoms with Gasteiger partial charge in [-0.3, -0.25) is 14.4 Å². The zero-order valence-electron chi connectivity index (χ0n) is 17.1. The van der Waals surface area contributed by atoms with Gasteiger partial charge in [0.2, 0.25) is 5.91 Å². The summed E-state index contributed by atoms with van der Waals surface area (Å²) in [6, 6.07) is 7.28. The minimum Gasteiger partial charge on any atom is -0.466 e. The molecule has 0 aliphatic carbocycles. The largest absolute Gasteiger partial charge is 0.466 e. The first-order valence-corrected chi connectivity index (χ1v) is 10.8. The van der Waals surface area contributed by atoms with Crippen LogP contribution in [0.2, 0.25) is 5.02 Å². The van der Waals surface area contributed by atoms with Crippen molar-refractivity contribution >= 4 is 29.3 Å². The van der Waals surface area contributed by atoms with E-state index in [1.54, 1.807) is 25.1 Å². The highest BCUT2D eigenvalue weighted by atomic mass is 35.5. The lowest BCUT2D eigenvalue weighted by molar-refractivity contribution is -0.143. The standard InChI is InChI=1S/C23H30ClNO4/c1-2-29-23(28)10-5-3-4-6-15-25-20(12-14-22(25)27)11-13-21(26)17-18-8-7-9-19(24)16-18/h7-9,11,13,16,20H,2-6,10,12,14-15,17H2,1H3/b13-11+. The Kier molecular flexibility index (Phi) is 9.92. The van der Waals surface area contributed by atoms with Gasteiger partial charge in [0.25, 0.3) is 0 Å². The van der Waals surface area contributed by atoms with Crippen molar-refractivity contribution in [3.05, 3.63) is 47.0 Å². The van der Waals surface area contributed by atoms with Gasteiger partial charge in [-0.2, -0.15) is 0 Å². The number of carbonyl (C=O) groups excluding carboxylic acids is 3. The van der Waals surface area contributed by atoms with Crippen LogP contribution in [0.4, 0.5) is 0 Å². The third-order valence-corrected chi connectivity index (χ3v) is 5.22. The highest BCUT2D eigenvalue weighted by Gasteiger charge is 2.28. The van der Waals surface area contributed by atoms with Gasteiger partial charge in [-0.25, -0.2) is 0 Å². The fourth-order valence-corrected chi connectivity index (χ4v) is 3.72. The molecule has 1 heterocycles. The molecule has 1 aromatic rings. The topological polar surface area (TPSA) is 63.7 Å². The maximum atomic E-state index is 12.2. The minimum atomic E-state index is -0.144. The lowest BCUT2D eigenvalue weighted by Crippen LogP contribution is -2.32. The molecule has 1 saturated heterocycles. The molecule has 1 aliphatic heterocycles. The second-order valence-corrected chi connectivity index (χ2v) is 7.73. The summed E-state index contributed by atoms with van der Waals surface area (Å²) in [6.45, 7) is 2.92. The first-order valence-electron chi connectivity index (χ1n) is 10.4. The van der Waals surface area contributed by atoms with Crippen LogP contribution in [0.25, 0.3) is 0 Å². The molecule has 5 nitrogen and oxygen atoms in total. The van der Waals surface area contributed by atoms with Gasteiger partial charge < -0.3 is 9.64 Å². The molecule has 1 atom stereocenters. The average molecular weight is 420 g/mol. The van der Waals surface area contributed by atoms with Crippen molar-refractivity contribution in [2.45, 2.75) is 64.3 Å². The predicted octanol–water partition coefficient (Wildman–Crippen LogP) is 4.51. The number of allylic oxidation sites excluding steroid dienone is 1. The van der Waals surface area contributed by atoms with Crippen molar-refractivity contribution in [2.75, 3.05) is 13.2 Å². The number of esters is 1. The van der Waals surface area contributed by atoms with E-state index in [0.29, 0.717) is 37.4 Å². The summed E-state index contributed by atoms with van der Waals surface area (Å²) < 4.78 is 4.91. The van der Waals surface area contributed by atoms with Crippen molar-refractivity contribution < 1.29 is 19.1 Å². The number of rotatable bonds is 12. The molecule has 2 rings (SSSR count). The summed E-state index contributed by atoms with van der Waals surface area (Å²) in [6.07, 6.45) is 9.11. The SMILES string of the molecule is CCOC(=O)CCCCCCN1C(=O)CCC1/C=C/C(=O)Cc1cccc(Cl)c1. The fraction of sp³-hybridized carbons (Fsp3) is 0.522. The second-order valence-electron chi connectivity index (χ2n) is 7.29. The third kappa shape index (κ3) is 8.40. The molecule has 0 bridgehead atoms. The monoisotopic (exact) mass is 419 g/mol. The number of nitrogens with zero attached hydrogens (tertiary/aromatic N) is 1. The third-order valence-electron chi connectivity index (χ3n) is 4.98. The first-order chi connectivity index (χ1) is 14.0. The van der Waals surface area contributed by atoms with Crippen LogP contribution < -0.4 is 0 Å². The lowest BCUT2D eigenvalue weighted by atomic mass is 10.1. The molecule has 1 aromatic carbocycles. The molecule has 158 valence electrons. The van der Waals surface area contributed by atoms with Gasteiger partial charge in [0.1, 0.15) is 0 Å². The van der Waals surface area contributed by atoms with Crippen LogP contribution in [0, 0.1) is 0 Å². The van der Waals surface area contributed by atoms with E-state index in [1.165, 1.54) is 0 Å². The van der Waals surface area contributed by atoms with Crippen LogP contribution in [-0.4, -0.2) is 41.8 Å². The molecule has 1 aliphatic rings. The smallest absolute Gasteiger partial charge is 0.305 e. The van der Waals surface area contributed by atoms with Gasteiger partial charge in [-0.1, -0.05) is 42.7 Å². The molecule has 0 N–H and O–H groups in total. The van der Waals surface area contributed by atoms with E-state index in [9.17, 15) is 14.4 Å². The molecule has 1 amide bonds. The van der Waals surface area contributed by atoms with E-state index in [2.05, 4.69) is 0 Å². The molecule has 1 unspecified atom stereocenters. The van der Waals surface area contributed by atoms with E-state index < -0.39 is 0 Å². The second kappa shape index (κ2) is 12.4. The number of ketones is 1. The Morgan fingerprint density at radius 3 is 2.79 bits per heavy atom. The Balaban J connectivity index is 1.72. The van der Waals surface area contributed by atoms with E-state index in [-0.39, 0.29) is 23.7 Å². The van der Waals surface area contributed by atoms with Crippen molar-refractivity contribution in [3.8, 4) is 0 Å². The number of halogens is 1. The first kappa shape index (κ1) is 23.1. The van der Waals surface area contributed by atoms with Gasteiger partial charge in [-0.15, -0.1) is 0 Å². The minimum absolute atomic E-state index is 0.00512. The van der Waals surface area contributed by atoms with E-state index >= 15 is 0 Å². The Bertz CT molecular complexity index is 731. The van der Waals surface area contributed by atoms with Crippen molar-refractivity contribution in [1.29, 1.82) is 0 Å². The molecule has 0 aromatic heterocycles. The van der Waals surface area contributed by atoms with Crippen molar-refractivity contribution in [3.63, 3.8) is 0 Å². The van der Waals surface area contributed by atoms with E-state index in [1.807, 2.05) is 23.1 Å². The van der Waals surface area contributed by atoms with Crippen LogP contribution in [0.5, 0.6) is 0 Å². The molecular formula is C23H30ClNO4. The van der Waals surface area contributed by atoms with Crippen LogP contribution in [0.1, 0.15) is 57.4 Å². The Labute approximate surface area is 178 Å². The average Bonchev–Trinajstić information content (AvgIpc) is 3.03. The van der Waals surface area contributed by atoms with Gasteiger partial charge >= 0.3 is 5.97 Å². The van der Waals surface area contributed by atoms with Crippen LogP contribution in [0.15, 0.2) is 36.4 Å². The molecule has 29 heavy (non-hydrogen) atoms. The molecule has 1 fully saturated rings. The zero-order valence-corrected chi connectivity index (χ0v) is 17.8. The number of hydrogen-bond acceptors (Lipinski definition) is 4. The van der Waals surface area contributed by atoms with Crippen LogP contribution >= 0.6 is 11.6 Å². The summed E-state index contributed by atoms with van der Waals surface area (Å²) in [5.74, 6) is 0.00820. The number of hydrogen-bond donors (Lipinski definition) is 0. The molecular weight excluding hydrogens is 390 g/mol. The maximum Gasteiger partial charge on any atom is 0.305 e. The lowest BCUT2D eigenvalue weighted by Gasteiger charge is -2.22. The summed E-state index contributed by atoms with van der Waals surface area (Å²) in [4.78, 5) is 37.6. The summed E-state index contributed by atoms with van der Waals surface area (Å²) in [7, 11) is 0. The van der Waals surface area contributed by atoms with Crippen molar-refractivity contribution in [2.24, 2.45) is 0 Å². The highest BCUT2D eigenvalue weighted by molar-refractivity contribution is 6.30. The zero-order chi connectivity index (χ0) is 21.1.